The standard InChI is InChI=1S/C9H16F3O6P/c1-4-15-8(13)7(9(10,11)12)18-19(14,16-5-2)17-6-3/h7H,4-6H2,1-3H3/t7-/m0/s1. The number of phosphoric ester groups is 1. The third-order valence-electron chi connectivity index (χ3n) is 1.61. The molecule has 0 unspecified atom stereocenters. The highest BCUT2D eigenvalue weighted by Gasteiger charge is 2.52. The van der Waals surface area contributed by atoms with Gasteiger partial charge in [-0.15, -0.1) is 0 Å². The number of carbonyl (C=O) groups is 1. The molecule has 6 nitrogen and oxygen atoms in total. The summed E-state index contributed by atoms with van der Waals surface area (Å²) in [5.74, 6) is -1.70. The largest absolute Gasteiger partial charge is 0.475 e. The molecule has 0 bridgehead atoms. The molecule has 0 fully saturated rings. The Morgan fingerprint density at radius 1 is 1.11 bits per heavy atom. The van der Waals surface area contributed by atoms with Crippen molar-refractivity contribution >= 4 is 13.8 Å². The maximum atomic E-state index is 12.6. The quantitative estimate of drug-likeness (QED) is 0.507. The summed E-state index contributed by atoms with van der Waals surface area (Å²) in [7, 11) is -4.47. The van der Waals surface area contributed by atoms with Crippen LogP contribution in [0.3, 0.4) is 0 Å². The van der Waals surface area contributed by atoms with Crippen molar-refractivity contribution in [3.8, 4) is 0 Å². The summed E-state index contributed by atoms with van der Waals surface area (Å²) in [5, 5.41) is 0. The van der Waals surface area contributed by atoms with E-state index < -0.39 is 26.1 Å². The van der Waals surface area contributed by atoms with Gasteiger partial charge in [-0.3, -0.25) is 13.6 Å². The zero-order valence-corrected chi connectivity index (χ0v) is 11.6. The highest BCUT2D eigenvalue weighted by atomic mass is 31.2. The van der Waals surface area contributed by atoms with E-state index in [1.807, 2.05) is 0 Å². The van der Waals surface area contributed by atoms with Gasteiger partial charge in [-0.2, -0.15) is 13.2 Å². The van der Waals surface area contributed by atoms with Crippen LogP contribution >= 0.6 is 7.82 Å². The molecule has 0 aromatic heterocycles. The van der Waals surface area contributed by atoms with Crippen molar-refractivity contribution in [3.63, 3.8) is 0 Å². The van der Waals surface area contributed by atoms with Crippen molar-refractivity contribution in [2.75, 3.05) is 19.8 Å². The van der Waals surface area contributed by atoms with Crippen molar-refractivity contribution in [3.05, 3.63) is 0 Å². The zero-order valence-electron chi connectivity index (χ0n) is 10.7. The van der Waals surface area contributed by atoms with Gasteiger partial charge in [0, 0.05) is 0 Å². The summed E-state index contributed by atoms with van der Waals surface area (Å²) in [6.07, 6.45) is -8.10. The van der Waals surface area contributed by atoms with Crippen LogP contribution in [0, 0.1) is 0 Å². The third kappa shape index (κ3) is 6.38. The molecule has 0 aromatic rings. The lowest BCUT2D eigenvalue weighted by Gasteiger charge is -2.23. The summed E-state index contributed by atoms with van der Waals surface area (Å²) in [6.45, 7) is 3.43. The number of hydrogen-bond donors (Lipinski definition) is 0. The van der Waals surface area contributed by atoms with Gasteiger partial charge in [-0.25, -0.2) is 9.36 Å². The van der Waals surface area contributed by atoms with Crippen LogP contribution in [0.15, 0.2) is 0 Å². The molecule has 1 atom stereocenters. The molecule has 0 saturated heterocycles. The Labute approximate surface area is 108 Å². The maximum absolute atomic E-state index is 12.6. The van der Waals surface area contributed by atoms with Gasteiger partial charge in [0.15, 0.2) is 0 Å². The van der Waals surface area contributed by atoms with Crippen LogP contribution in [-0.2, 0) is 27.7 Å². The van der Waals surface area contributed by atoms with E-state index in [1.165, 1.54) is 20.8 Å². The van der Waals surface area contributed by atoms with Crippen molar-refractivity contribution in [2.24, 2.45) is 0 Å². The molecule has 19 heavy (non-hydrogen) atoms. The first-order valence-electron chi connectivity index (χ1n) is 5.51. The van der Waals surface area contributed by atoms with Crippen molar-refractivity contribution in [1.29, 1.82) is 0 Å². The van der Waals surface area contributed by atoms with Crippen LogP contribution in [-0.4, -0.2) is 38.1 Å². The Morgan fingerprint density at radius 2 is 1.58 bits per heavy atom. The fourth-order valence-electron chi connectivity index (χ4n) is 0.998. The minimum absolute atomic E-state index is 0.204. The molecule has 0 aliphatic heterocycles. The second-order valence-electron chi connectivity index (χ2n) is 3.06. The topological polar surface area (TPSA) is 71.1 Å². The SMILES string of the molecule is CCOC(=O)[C@H](OP(=O)(OCC)OCC)C(F)(F)F. The van der Waals surface area contributed by atoms with E-state index in [1.54, 1.807) is 0 Å². The van der Waals surface area contributed by atoms with Crippen molar-refractivity contribution in [1.82, 2.24) is 0 Å². The number of ether oxygens (including phenoxy) is 1. The molecule has 0 aliphatic rings. The van der Waals surface area contributed by atoms with Crippen LogP contribution in [0.4, 0.5) is 13.2 Å². The van der Waals surface area contributed by atoms with Crippen LogP contribution in [0.1, 0.15) is 20.8 Å². The number of halogens is 3. The number of carbonyl (C=O) groups excluding carboxylic acids is 1. The first-order valence-corrected chi connectivity index (χ1v) is 6.97. The van der Waals surface area contributed by atoms with Crippen LogP contribution in [0.2, 0.25) is 0 Å². The van der Waals surface area contributed by atoms with E-state index in [2.05, 4.69) is 18.3 Å². The lowest BCUT2D eigenvalue weighted by molar-refractivity contribution is -0.215. The van der Waals surface area contributed by atoms with Crippen molar-refractivity contribution < 1.29 is 40.8 Å². The molecule has 114 valence electrons. The van der Waals surface area contributed by atoms with Crippen LogP contribution in [0.5, 0.6) is 0 Å². The average molecular weight is 308 g/mol. The molecule has 0 spiro atoms. The predicted octanol–water partition coefficient (Wildman–Crippen LogP) is 2.68. The first kappa shape index (κ1) is 18.4. The summed E-state index contributed by atoms with van der Waals surface area (Å²) in [5.41, 5.74) is 0. The maximum Gasteiger partial charge on any atom is 0.475 e. The van der Waals surface area contributed by atoms with Crippen LogP contribution < -0.4 is 0 Å². The third-order valence-corrected chi connectivity index (χ3v) is 3.22. The number of alkyl halides is 3. The van der Waals surface area contributed by atoms with E-state index in [0.29, 0.717) is 0 Å². The minimum atomic E-state index is -5.09. The van der Waals surface area contributed by atoms with Gasteiger partial charge in [0.25, 0.3) is 6.10 Å². The monoisotopic (exact) mass is 308 g/mol. The molecule has 0 rings (SSSR count). The van der Waals surface area contributed by atoms with Crippen LogP contribution in [0.25, 0.3) is 0 Å². The Kier molecular flexibility index (Phi) is 7.58. The Morgan fingerprint density at radius 3 is 1.89 bits per heavy atom. The molecule has 0 aliphatic carbocycles. The van der Waals surface area contributed by atoms with E-state index in [-0.39, 0.29) is 19.8 Å². The van der Waals surface area contributed by atoms with E-state index >= 15 is 0 Å². The lowest BCUT2D eigenvalue weighted by Crippen LogP contribution is -2.40. The minimum Gasteiger partial charge on any atom is -0.464 e. The van der Waals surface area contributed by atoms with Gasteiger partial charge in [0.1, 0.15) is 0 Å². The van der Waals surface area contributed by atoms with E-state index in [9.17, 15) is 22.5 Å². The first-order chi connectivity index (χ1) is 8.70. The number of phosphoric acid groups is 1. The molecule has 0 amide bonds. The molecule has 0 N–H and O–H groups in total. The molecular formula is C9H16F3O6P. The highest BCUT2D eigenvalue weighted by molar-refractivity contribution is 7.48. The molecule has 0 aromatic carbocycles. The van der Waals surface area contributed by atoms with Gasteiger partial charge < -0.3 is 4.74 Å². The highest BCUT2D eigenvalue weighted by Crippen LogP contribution is 2.52. The van der Waals surface area contributed by atoms with Gasteiger partial charge >= 0.3 is 20.0 Å². The Balaban J connectivity index is 5.07. The van der Waals surface area contributed by atoms with Crippen molar-refractivity contribution in [2.45, 2.75) is 33.1 Å². The zero-order chi connectivity index (χ0) is 15.1. The van der Waals surface area contributed by atoms with E-state index in [0.717, 1.165) is 0 Å². The molecule has 0 radical (unpaired) electrons. The molecule has 0 heterocycles. The summed E-state index contributed by atoms with van der Waals surface area (Å²) in [4.78, 5) is 11.2. The normalized spacial score (nSPS) is 14.2. The fraction of sp³-hybridized carbons (Fsp3) is 0.889. The fourth-order valence-corrected chi connectivity index (χ4v) is 2.29. The summed E-state index contributed by atoms with van der Waals surface area (Å²) >= 11 is 0. The predicted molar refractivity (Wildman–Crippen MR) is 58.4 cm³/mol. The number of esters is 1. The lowest BCUT2D eigenvalue weighted by atomic mass is 10.3. The Hall–Kier alpha value is -0.630. The van der Waals surface area contributed by atoms with Gasteiger partial charge in [0.05, 0.1) is 19.8 Å². The number of hydrogen-bond acceptors (Lipinski definition) is 6. The van der Waals surface area contributed by atoms with Gasteiger partial charge in [-0.1, -0.05) is 0 Å². The average Bonchev–Trinajstić information content (AvgIpc) is 2.25. The number of rotatable bonds is 8. The summed E-state index contributed by atoms with van der Waals surface area (Å²) < 4.78 is 67.2. The van der Waals surface area contributed by atoms with E-state index in [4.69, 9.17) is 0 Å². The second-order valence-corrected chi connectivity index (χ2v) is 4.68. The smallest absolute Gasteiger partial charge is 0.464 e. The van der Waals surface area contributed by atoms with Gasteiger partial charge in [0.2, 0.25) is 0 Å². The summed E-state index contributed by atoms with van der Waals surface area (Å²) in [6, 6.07) is 0. The molecule has 10 heteroatoms. The molecular weight excluding hydrogens is 292 g/mol. The second kappa shape index (κ2) is 7.84. The molecule has 0 saturated carbocycles. The Bertz CT molecular complexity index is 322. The van der Waals surface area contributed by atoms with Gasteiger partial charge in [-0.05, 0) is 20.8 Å².